The zero-order chi connectivity index (χ0) is 18.7. The summed E-state index contributed by atoms with van der Waals surface area (Å²) in [6.45, 7) is 0.239. The third-order valence-corrected chi connectivity index (χ3v) is 5.08. The van der Waals surface area contributed by atoms with Crippen molar-refractivity contribution in [2.75, 3.05) is 14.2 Å². The smallest absolute Gasteiger partial charge is 0.293 e. The van der Waals surface area contributed by atoms with Crippen molar-refractivity contribution in [1.82, 2.24) is 4.90 Å². The van der Waals surface area contributed by atoms with Crippen molar-refractivity contribution >= 4 is 40.6 Å². The number of thioether (sulfide) groups is 1. The van der Waals surface area contributed by atoms with E-state index in [1.807, 2.05) is 30.3 Å². The lowest BCUT2D eigenvalue weighted by molar-refractivity contribution is -0.123. The summed E-state index contributed by atoms with van der Waals surface area (Å²) in [5.74, 6) is 0.646. The van der Waals surface area contributed by atoms with Gasteiger partial charge in [0.05, 0.1) is 30.7 Å². The Kier molecular flexibility index (Phi) is 5.54. The van der Waals surface area contributed by atoms with Crippen LogP contribution in [0.1, 0.15) is 11.1 Å². The number of imide groups is 1. The van der Waals surface area contributed by atoms with Gasteiger partial charge in [0.25, 0.3) is 11.1 Å². The molecule has 5 nitrogen and oxygen atoms in total. The van der Waals surface area contributed by atoms with Crippen LogP contribution in [0.5, 0.6) is 11.5 Å². The van der Waals surface area contributed by atoms with Crippen LogP contribution in [0.4, 0.5) is 4.79 Å². The maximum atomic E-state index is 12.6. The standard InChI is InChI=1S/C19H16ClNO4S/c1-24-15-8-13(14(20)10-16(15)25-2)9-17-18(22)21(19(23)26-17)11-12-6-4-3-5-7-12/h3-10H,11H2,1-2H3/b17-9+. The molecule has 1 saturated heterocycles. The highest BCUT2D eigenvalue weighted by molar-refractivity contribution is 8.18. The number of hydrogen-bond donors (Lipinski definition) is 0. The molecule has 3 rings (SSSR count). The molecule has 0 unspecified atom stereocenters. The molecule has 0 radical (unpaired) electrons. The Labute approximate surface area is 160 Å². The second kappa shape index (κ2) is 7.85. The number of carbonyl (C=O) groups excluding carboxylic acids is 2. The summed E-state index contributed by atoms with van der Waals surface area (Å²) < 4.78 is 10.5. The van der Waals surface area contributed by atoms with Gasteiger partial charge in [-0.25, -0.2) is 0 Å². The van der Waals surface area contributed by atoms with Crippen molar-refractivity contribution in [3.63, 3.8) is 0 Å². The molecule has 2 aromatic carbocycles. The summed E-state index contributed by atoms with van der Waals surface area (Å²) >= 11 is 7.16. The summed E-state index contributed by atoms with van der Waals surface area (Å²) in [5.41, 5.74) is 1.47. The van der Waals surface area contributed by atoms with Crippen LogP contribution in [-0.4, -0.2) is 30.3 Å². The summed E-state index contributed by atoms with van der Waals surface area (Å²) in [6.07, 6.45) is 1.60. The molecule has 0 spiro atoms. The number of rotatable bonds is 5. The number of ether oxygens (including phenoxy) is 2. The lowest BCUT2D eigenvalue weighted by Crippen LogP contribution is -2.27. The number of benzene rings is 2. The van der Waals surface area contributed by atoms with Crippen molar-refractivity contribution in [3.05, 3.63) is 63.5 Å². The number of amides is 2. The molecule has 0 N–H and O–H groups in total. The minimum Gasteiger partial charge on any atom is -0.493 e. The normalized spacial score (nSPS) is 15.7. The Morgan fingerprint density at radius 2 is 1.73 bits per heavy atom. The summed E-state index contributed by atoms with van der Waals surface area (Å²) in [6, 6.07) is 12.7. The minimum absolute atomic E-state index is 0.239. The lowest BCUT2D eigenvalue weighted by atomic mass is 10.1. The van der Waals surface area contributed by atoms with Gasteiger partial charge in [0.2, 0.25) is 0 Å². The van der Waals surface area contributed by atoms with Gasteiger partial charge in [0.1, 0.15) is 0 Å². The third-order valence-electron chi connectivity index (χ3n) is 3.85. The first-order valence-electron chi connectivity index (χ1n) is 7.74. The lowest BCUT2D eigenvalue weighted by Gasteiger charge is -2.12. The van der Waals surface area contributed by atoms with Gasteiger partial charge in [-0.1, -0.05) is 41.9 Å². The second-order valence-corrected chi connectivity index (χ2v) is 6.88. The third kappa shape index (κ3) is 3.71. The number of carbonyl (C=O) groups is 2. The van der Waals surface area contributed by atoms with Gasteiger partial charge >= 0.3 is 0 Å². The van der Waals surface area contributed by atoms with Gasteiger partial charge in [-0.15, -0.1) is 0 Å². The van der Waals surface area contributed by atoms with Crippen molar-refractivity contribution < 1.29 is 19.1 Å². The van der Waals surface area contributed by atoms with Crippen LogP contribution in [0.15, 0.2) is 47.4 Å². The van der Waals surface area contributed by atoms with E-state index >= 15 is 0 Å². The number of halogens is 1. The molecular formula is C19H16ClNO4S. The Balaban J connectivity index is 1.88. The molecule has 2 amide bonds. The summed E-state index contributed by atoms with van der Waals surface area (Å²) in [5, 5.41) is 0.0965. The van der Waals surface area contributed by atoms with Crippen molar-refractivity contribution in [2.24, 2.45) is 0 Å². The number of hydrogen-bond acceptors (Lipinski definition) is 5. The Morgan fingerprint density at radius 1 is 1.08 bits per heavy atom. The summed E-state index contributed by atoms with van der Waals surface area (Å²) in [4.78, 5) is 26.4. The monoisotopic (exact) mass is 389 g/mol. The fourth-order valence-electron chi connectivity index (χ4n) is 2.52. The van der Waals surface area contributed by atoms with Gasteiger partial charge in [-0.2, -0.15) is 0 Å². The largest absolute Gasteiger partial charge is 0.493 e. The first kappa shape index (κ1) is 18.4. The molecule has 0 atom stereocenters. The Hall–Kier alpha value is -2.44. The zero-order valence-electron chi connectivity index (χ0n) is 14.2. The van der Waals surface area contributed by atoms with Gasteiger partial charge in [0, 0.05) is 6.07 Å². The fraction of sp³-hybridized carbons (Fsp3) is 0.158. The minimum atomic E-state index is -0.338. The van der Waals surface area contributed by atoms with Crippen LogP contribution in [0.3, 0.4) is 0 Å². The molecule has 134 valence electrons. The summed E-state index contributed by atoms with van der Waals surface area (Å²) in [7, 11) is 3.03. The molecule has 1 aliphatic heterocycles. The molecule has 1 heterocycles. The van der Waals surface area contributed by atoms with Gasteiger partial charge < -0.3 is 9.47 Å². The van der Waals surface area contributed by atoms with E-state index in [1.165, 1.54) is 19.1 Å². The van der Waals surface area contributed by atoms with E-state index < -0.39 is 0 Å². The highest BCUT2D eigenvalue weighted by Gasteiger charge is 2.35. The Bertz CT molecular complexity index is 883. The predicted octanol–water partition coefficient (Wildman–Crippen LogP) is 4.59. The van der Waals surface area contributed by atoms with E-state index in [1.54, 1.807) is 18.2 Å². The van der Waals surface area contributed by atoms with Crippen LogP contribution < -0.4 is 9.47 Å². The molecule has 0 saturated carbocycles. The SMILES string of the molecule is COc1cc(Cl)c(/C=C2/SC(=O)N(Cc3ccccc3)C2=O)cc1OC. The van der Waals surface area contributed by atoms with Gasteiger partial charge in [0.15, 0.2) is 11.5 Å². The average Bonchev–Trinajstić information content (AvgIpc) is 2.91. The van der Waals surface area contributed by atoms with Gasteiger partial charge in [-0.3, -0.25) is 14.5 Å². The van der Waals surface area contributed by atoms with E-state index in [4.69, 9.17) is 21.1 Å². The first-order chi connectivity index (χ1) is 12.5. The van der Waals surface area contributed by atoms with Crippen LogP contribution >= 0.6 is 23.4 Å². The molecule has 26 heavy (non-hydrogen) atoms. The molecule has 0 aromatic heterocycles. The maximum absolute atomic E-state index is 12.6. The van der Waals surface area contributed by atoms with Crippen LogP contribution in [0.2, 0.25) is 5.02 Å². The highest BCUT2D eigenvalue weighted by atomic mass is 35.5. The van der Waals surface area contributed by atoms with E-state index in [-0.39, 0.29) is 17.7 Å². The van der Waals surface area contributed by atoms with Crippen molar-refractivity contribution in [3.8, 4) is 11.5 Å². The molecule has 2 aromatic rings. The first-order valence-corrected chi connectivity index (χ1v) is 8.93. The van der Waals surface area contributed by atoms with Crippen molar-refractivity contribution in [1.29, 1.82) is 0 Å². The van der Waals surface area contributed by atoms with Crippen LogP contribution in [-0.2, 0) is 11.3 Å². The quantitative estimate of drug-likeness (QED) is 0.700. The van der Waals surface area contributed by atoms with E-state index in [0.717, 1.165) is 17.3 Å². The molecule has 0 aliphatic carbocycles. The molecule has 1 fully saturated rings. The molecule has 1 aliphatic rings. The van der Waals surface area contributed by atoms with E-state index in [2.05, 4.69) is 0 Å². The average molecular weight is 390 g/mol. The Morgan fingerprint density at radius 3 is 2.38 bits per heavy atom. The second-order valence-electron chi connectivity index (χ2n) is 5.48. The van der Waals surface area contributed by atoms with Crippen LogP contribution in [0.25, 0.3) is 6.08 Å². The number of nitrogens with zero attached hydrogens (tertiary/aromatic N) is 1. The number of methoxy groups -OCH3 is 2. The zero-order valence-corrected chi connectivity index (χ0v) is 15.8. The fourth-order valence-corrected chi connectivity index (χ4v) is 3.56. The van der Waals surface area contributed by atoms with Gasteiger partial charge in [-0.05, 0) is 35.0 Å². The molecule has 7 heteroatoms. The van der Waals surface area contributed by atoms with Crippen molar-refractivity contribution in [2.45, 2.75) is 6.54 Å². The molecule has 0 bridgehead atoms. The highest BCUT2D eigenvalue weighted by Crippen LogP contribution is 2.38. The maximum Gasteiger partial charge on any atom is 0.293 e. The van der Waals surface area contributed by atoms with E-state index in [0.29, 0.717) is 27.0 Å². The predicted molar refractivity (Wildman–Crippen MR) is 103 cm³/mol. The molecular weight excluding hydrogens is 374 g/mol. The topological polar surface area (TPSA) is 55.8 Å². The van der Waals surface area contributed by atoms with E-state index in [9.17, 15) is 9.59 Å². The van der Waals surface area contributed by atoms with Crippen LogP contribution in [0, 0.1) is 0 Å².